The van der Waals surface area contributed by atoms with Crippen LogP contribution in [0.15, 0.2) is 0 Å². The molecule has 1 saturated carbocycles. The molecule has 1 rings (SSSR count). The van der Waals surface area contributed by atoms with Gasteiger partial charge in [-0.15, -0.1) is 0 Å². The molecular weight excluding hydrogens is 210 g/mol. The monoisotopic (exact) mass is 237 g/mol. The molecule has 0 heterocycles. The molecule has 0 radical (unpaired) electrons. The van der Waals surface area contributed by atoms with Crippen LogP contribution in [0.4, 0.5) is 0 Å². The largest absolute Gasteiger partial charge is 0.388 e. The summed E-state index contributed by atoms with van der Waals surface area (Å²) in [5.41, 5.74) is -1.29. The lowest BCUT2D eigenvalue weighted by molar-refractivity contribution is -0.0857. The number of hydrogen-bond donors (Lipinski definition) is 1. The van der Waals surface area contributed by atoms with Gasteiger partial charge in [0.05, 0.1) is 17.1 Å². The maximum Gasteiger partial charge on any atom is 0.0860 e. The third-order valence-corrected chi connectivity index (χ3v) is 5.10. The second-order valence-electron chi connectivity index (χ2n) is 6.01. The molecular formula is C15H27NO. The molecule has 0 saturated heterocycles. The van der Waals surface area contributed by atoms with Gasteiger partial charge < -0.3 is 5.11 Å². The SMILES string of the molecule is CCC(O)(CC)C1(C#N)CCC(C(C)C)CC1. The molecule has 0 aromatic heterocycles. The van der Waals surface area contributed by atoms with Gasteiger partial charge in [0.15, 0.2) is 0 Å². The zero-order chi connectivity index (χ0) is 13.1. The predicted octanol–water partition coefficient (Wildman–Crippen LogP) is 3.89. The molecule has 1 fully saturated rings. The maximum atomic E-state index is 10.7. The fourth-order valence-electron chi connectivity index (χ4n) is 3.41. The summed E-state index contributed by atoms with van der Waals surface area (Å²) in [6.45, 7) is 8.51. The highest BCUT2D eigenvalue weighted by atomic mass is 16.3. The van der Waals surface area contributed by atoms with E-state index in [1.807, 2.05) is 13.8 Å². The van der Waals surface area contributed by atoms with Crippen LogP contribution in [-0.2, 0) is 0 Å². The molecule has 1 aliphatic rings. The molecule has 1 aliphatic carbocycles. The van der Waals surface area contributed by atoms with Crippen molar-refractivity contribution in [2.24, 2.45) is 17.3 Å². The number of nitrogens with zero attached hydrogens (tertiary/aromatic N) is 1. The summed E-state index contributed by atoms with van der Waals surface area (Å²) in [5.74, 6) is 1.43. The van der Waals surface area contributed by atoms with Crippen molar-refractivity contribution in [3.63, 3.8) is 0 Å². The zero-order valence-corrected chi connectivity index (χ0v) is 11.8. The van der Waals surface area contributed by atoms with Gasteiger partial charge in [-0.25, -0.2) is 0 Å². The predicted molar refractivity (Wildman–Crippen MR) is 70.4 cm³/mol. The standard InChI is InChI=1S/C15H27NO/c1-5-15(17,6-2)14(11-16)9-7-13(8-10-14)12(3)4/h12-13,17H,5-10H2,1-4H3. The van der Waals surface area contributed by atoms with Gasteiger partial charge in [-0.05, 0) is 50.4 Å². The summed E-state index contributed by atoms with van der Waals surface area (Å²) in [5, 5.41) is 20.3. The molecule has 2 nitrogen and oxygen atoms in total. The lowest BCUT2D eigenvalue weighted by atomic mass is 9.59. The minimum Gasteiger partial charge on any atom is -0.388 e. The first-order valence-corrected chi connectivity index (χ1v) is 7.08. The highest BCUT2D eigenvalue weighted by Crippen LogP contribution is 2.50. The van der Waals surface area contributed by atoms with Crippen molar-refractivity contribution in [2.45, 2.75) is 71.8 Å². The van der Waals surface area contributed by atoms with E-state index in [1.54, 1.807) is 0 Å². The highest BCUT2D eigenvalue weighted by molar-refractivity contribution is 5.12. The number of hydrogen-bond acceptors (Lipinski definition) is 2. The van der Waals surface area contributed by atoms with Gasteiger partial charge in [-0.2, -0.15) is 5.26 Å². The second kappa shape index (κ2) is 5.40. The van der Waals surface area contributed by atoms with E-state index in [9.17, 15) is 10.4 Å². The Hall–Kier alpha value is -0.550. The average molecular weight is 237 g/mol. The van der Waals surface area contributed by atoms with E-state index in [0.29, 0.717) is 18.8 Å². The Morgan fingerprint density at radius 3 is 2.06 bits per heavy atom. The van der Waals surface area contributed by atoms with Crippen LogP contribution >= 0.6 is 0 Å². The van der Waals surface area contributed by atoms with Gasteiger partial charge in [-0.3, -0.25) is 0 Å². The first kappa shape index (κ1) is 14.5. The lowest BCUT2D eigenvalue weighted by Crippen LogP contribution is -2.49. The summed E-state index contributed by atoms with van der Waals surface area (Å²) >= 11 is 0. The van der Waals surface area contributed by atoms with Crippen molar-refractivity contribution in [3.05, 3.63) is 0 Å². The number of aliphatic hydroxyl groups is 1. The van der Waals surface area contributed by atoms with Crippen molar-refractivity contribution in [3.8, 4) is 6.07 Å². The molecule has 0 amide bonds. The molecule has 0 aliphatic heterocycles. The van der Waals surface area contributed by atoms with E-state index < -0.39 is 11.0 Å². The Kier molecular flexibility index (Phi) is 4.61. The second-order valence-corrected chi connectivity index (χ2v) is 6.01. The molecule has 17 heavy (non-hydrogen) atoms. The van der Waals surface area contributed by atoms with Crippen molar-refractivity contribution in [2.75, 3.05) is 0 Å². The van der Waals surface area contributed by atoms with Crippen molar-refractivity contribution in [1.29, 1.82) is 5.26 Å². The minimum atomic E-state index is -0.788. The van der Waals surface area contributed by atoms with Crippen LogP contribution < -0.4 is 0 Å². The Balaban J connectivity index is 2.85. The van der Waals surface area contributed by atoms with Crippen LogP contribution in [0.1, 0.15) is 66.2 Å². The Labute approximate surface area is 106 Å². The first-order valence-electron chi connectivity index (χ1n) is 7.08. The van der Waals surface area contributed by atoms with E-state index in [0.717, 1.165) is 31.6 Å². The molecule has 0 unspecified atom stereocenters. The van der Waals surface area contributed by atoms with Crippen molar-refractivity contribution < 1.29 is 5.11 Å². The van der Waals surface area contributed by atoms with Crippen LogP contribution in [-0.4, -0.2) is 10.7 Å². The Morgan fingerprint density at radius 1 is 1.29 bits per heavy atom. The van der Waals surface area contributed by atoms with Gasteiger partial charge in [0.1, 0.15) is 0 Å². The van der Waals surface area contributed by atoms with Gasteiger partial charge in [0.25, 0.3) is 0 Å². The van der Waals surface area contributed by atoms with E-state index >= 15 is 0 Å². The van der Waals surface area contributed by atoms with Crippen LogP contribution in [0.5, 0.6) is 0 Å². The normalized spacial score (nSPS) is 30.3. The quantitative estimate of drug-likeness (QED) is 0.806. The van der Waals surface area contributed by atoms with Crippen LogP contribution in [0.3, 0.4) is 0 Å². The molecule has 2 heteroatoms. The van der Waals surface area contributed by atoms with Crippen LogP contribution in [0.2, 0.25) is 0 Å². The number of rotatable bonds is 4. The lowest BCUT2D eigenvalue weighted by Gasteiger charge is -2.46. The van der Waals surface area contributed by atoms with Crippen LogP contribution in [0, 0.1) is 28.6 Å². The average Bonchev–Trinajstić information content (AvgIpc) is 2.37. The fraction of sp³-hybridized carbons (Fsp3) is 0.933. The molecule has 0 spiro atoms. The summed E-state index contributed by atoms with van der Waals surface area (Å²) in [6.07, 6.45) is 5.28. The Morgan fingerprint density at radius 2 is 1.76 bits per heavy atom. The summed E-state index contributed by atoms with van der Waals surface area (Å²) in [7, 11) is 0. The van der Waals surface area contributed by atoms with E-state index in [2.05, 4.69) is 19.9 Å². The van der Waals surface area contributed by atoms with Gasteiger partial charge >= 0.3 is 0 Å². The molecule has 0 aromatic carbocycles. The van der Waals surface area contributed by atoms with Crippen molar-refractivity contribution >= 4 is 0 Å². The molecule has 98 valence electrons. The number of nitriles is 1. The molecule has 0 aromatic rings. The third kappa shape index (κ3) is 2.50. The Bertz CT molecular complexity index is 278. The van der Waals surface area contributed by atoms with Gasteiger partial charge in [0, 0.05) is 0 Å². The molecule has 0 atom stereocenters. The molecule has 0 bridgehead atoms. The summed E-state index contributed by atoms with van der Waals surface area (Å²) < 4.78 is 0. The summed E-state index contributed by atoms with van der Waals surface area (Å²) in [4.78, 5) is 0. The first-order chi connectivity index (χ1) is 7.94. The van der Waals surface area contributed by atoms with E-state index in [4.69, 9.17) is 0 Å². The molecule has 1 N–H and O–H groups in total. The van der Waals surface area contributed by atoms with E-state index in [1.165, 1.54) is 0 Å². The van der Waals surface area contributed by atoms with Crippen LogP contribution in [0.25, 0.3) is 0 Å². The minimum absolute atomic E-state index is 0.498. The zero-order valence-electron chi connectivity index (χ0n) is 11.8. The van der Waals surface area contributed by atoms with Crippen molar-refractivity contribution in [1.82, 2.24) is 0 Å². The van der Waals surface area contributed by atoms with Gasteiger partial charge in [-0.1, -0.05) is 27.7 Å². The van der Waals surface area contributed by atoms with E-state index in [-0.39, 0.29) is 0 Å². The third-order valence-electron chi connectivity index (χ3n) is 5.10. The fourth-order valence-corrected chi connectivity index (χ4v) is 3.41. The smallest absolute Gasteiger partial charge is 0.0860 e. The maximum absolute atomic E-state index is 10.7. The highest BCUT2D eigenvalue weighted by Gasteiger charge is 2.50. The summed E-state index contributed by atoms with van der Waals surface area (Å²) in [6, 6.07) is 2.47. The van der Waals surface area contributed by atoms with Gasteiger partial charge in [0.2, 0.25) is 0 Å². The topological polar surface area (TPSA) is 44.0 Å².